The van der Waals surface area contributed by atoms with Crippen LogP contribution in [0.15, 0.2) is 34.9 Å². The van der Waals surface area contributed by atoms with Crippen molar-refractivity contribution in [2.45, 2.75) is 50.3 Å². The molecular weight excluding hydrogens is 444 g/mol. The van der Waals surface area contributed by atoms with Gasteiger partial charge in [0, 0.05) is 35.2 Å². The van der Waals surface area contributed by atoms with Crippen LogP contribution in [0.1, 0.15) is 37.4 Å². The Balaban J connectivity index is 1.41. The first-order valence-electron chi connectivity index (χ1n) is 11.2. The molecule has 0 aliphatic carbocycles. The second-order valence-corrected chi connectivity index (χ2v) is 10.3. The van der Waals surface area contributed by atoms with Crippen molar-refractivity contribution in [1.29, 1.82) is 0 Å². The number of hydrogen-bond acceptors (Lipinski definition) is 7. The molecule has 0 saturated carbocycles. The van der Waals surface area contributed by atoms with Gasteiger partial charge in [-0.05, 0) is 24.5 Å². The molecule has 4 rings (SSSR count). The minimum atomic E-state index is -1.09. The minimum Gasteiger partial charge on any atom is -0.477 e. The summed E-state index contributed by atoms with van der Waals surface area (Å²) < 4.78 is 0. The van der Waals surface area contributed by atoms with Crippen molar-refractivity contribution in [2.24, 2.45) is 17.6 Å². The first kappa shape index (κ1) is 23.7. The number of carboxylic acids is 1. The molecule has 2 saturated heterocycles. The summed E-state index contributed by atoms with van der Waals surface area (Å²) >= 11 is 1.54. The van der Waals surface area contributed by atoms with Crippen LogP contribution in [0.25, 0.3) is 0 Å². The molecule has 3 aliphatic heterocycles. The average molecular weight is 475 g/mol. The summed E-state index contributed by atoms with van der Waals surface area (Å²) in [5.74, 6) is -2.27. The lowest BCUT2D eigenvalue weighted by Crippen LogP contribution is -2.63. The lowest BCUT2D eigenvalue weighted by atomic mass is 9.79. The predicted molar refractivity (Wildman–Crippen MR) is 124 cm³/mol. The number of amides is 2. The van der Waals surface area contributed by atoms with Gasteiger partial charge >= 0.3 is 5.97 Å². The predicted octanol–water partition coefficient (Wildman–Crippen LogP) is 0.551. The SMILES string of the molecule is C[C@@H](O)[C@H]1C(=O)N2C(C(=O)O)=C(S[C@@H]3CN[C@@H](c4ccc(CNC(=O)CN)cc4)C3)[C@H](C)[C@H]12. The summed E-state index contributed by atoms with van der Waals surface area (Å²) in [5, 5.41) is 26.2. The number of nitrogens with two attached hydrogens (primary N) is 1. The van der Waals surface area contributed by atoms with Gasteiger partial charge in [-0.1, -0.05) is 31.2 Å². The average Bonchev–Trinajstić information content (AvgIpc) is 3.34. The zero-order valence-electron chi connectivity index (χ0n) is 18.7. The minimum absolute atomic E-state index is 0.0336. The van der Waals surface area contributed by atoms with E-state index in [2.05, 4.69) is 10.6 Å². The number of nitrogens with zero attached hydrogens (tertiary/aromatic N) is 1. The van der Waals surface area contributed by atoms with Gasteiger partial charge in [0.2, 0.25) is 11.8 Å². The molecule has 0 radical (unpaired) electrons. The first-order chi connectivity index (χ1) is 15.7. The maximum Gasteiger partial charge on any atom is 0.353 e. The molecule has 0 bridgehead atoms. The molecule has 6 atom stereocenters. The van der Waals surface area contributed by atoms with Crippen LogP contribution in [0.4, 0.5) is 0 Å². The van der Waals surface area contributed by atoms with Crippen molar-refractivity contribution < 1.29 is 24.6 Å². The molecule has 3 aliphatic rings. The Morgan fingerprint density at radius 1 is 1.33 bits per heavy atom. The van der Waals surface area contributed by atoms with Crippen LogP contribution in [-0.2, 0) is 20.9 Å². The number of aliphatic hydroxyl groups excluding tert-OH is 1. The van der Waals surface area contributed by atoms with Gasteiger partial charge in [-0.3, -0.25) is 9.59 Å². The molecule has 9 nitrogen and oxygen atoms in total. The van der Waals surface area contributed by atoms with Gasteiger partial charge in [-0.15, -0.1) is 11.8 Å². The maximum absolute atomic E-state index is 12.5. The number of aliphatic carboxylic acids is 1. The molecule has 0 spiro atoms. The van der Waals surface area contributed by atoms with Gasteiger partial charge in [-0.2, -0.15) is 0 Å². The molecule has 3 heterocycles. The Kier molecular flexibility index (Phi) is 6.81. The summed E-state index contributed by atoms with van der Waals surface area (Å²) in [6.45, 7) is 4.65. The van der Waals surface area contributed by atoms with Crippen molar-refractivity contribution >= 4 is 29.5 Å². The van der Waals surface area contributed by atoms with E-state index in [9.17, 15) is 24.6 Å². The molecule has 6 N–H and O–H groups in total. The van der Waals surface area contributed by atoms with E-state index in [0.717, 1.165) is 29.0 Å². The van der Waals surface area contributed by atoms with E-state index in [4.69, 9.17) is 5.73 Å². The van der Waals surface area contributed by atoms with E-state index in [0.29, 0.717) is 6.54 Å². The number of fused-ring (bicyclic) bond motifs is 1. The second kappa shape index (κ2) is 9.46. The topological polar surface area (TPSA) is 145 Å². The van der Waals surface area contributed by atoms with E-state index in [1.165, 1.54) is 16.7 Å². The van der Waals surface area contributed by atoms with Gasteiger partial charge in [0.1, 0.15) is 5.70 Å². The van der Waals surface area contributed by atoms with Gasteiger partial charge < -0.3 is 31.5 Å². The molecule has 10 heteroatoms. The molecule has 1 aromatic carbocycles. The summed E-state index contributed by atoms with van der Waals surface area (Å²) in [6, 6.07) is 7.88. The van der Waals surface area contributed by atoms with Crippen molar-refractivity contribution in [2.75, 3.05) is 13.1 Å². The lowest BCUT2D eigenvalue weighted by molar-refractivity contribution is -0.163. The van der Waals surface area contributed by atoms with E-state index < -0.39 is 18.0 Å². The number of carbonyl (C=O) groups is 3. The zero-order chi connectivity index (χ0) is 23.9. The summed E-state index contributed by atoms with van der Waals surface area (Å²) in [5.41, 5.74) is 7.50. The third-order valence-corrected chi connectivity index (χ3v) is 8.26. The van der Waals surface area contributed by atoms with Crippen LogP contribution >= 0.6 is 11.8 Å². The molecule has 2 amide bonds. The second-order valence-electron chi connectivity index (χ2n) is 8.93. The number of benzene rings is 1. The quantitative estimate of drug-likeness (QED) is 0.344. The summed E-state index contributed by atoms with van der Waals surface area (Å²) in [6.07, 6.45) is 0.0277. The molecule has 0 unspecified atom stereocenters. The number of rotatable bonds is 8. The summed E-state index contributed by atoms with van der Waals surface area (Å²) in [4.78, 5) is 37.9. The molecule has 178 valence electrons. The smallest absolute Gasteiger partial charge is 0.353 e. The van der Waals surface area contributed by atoms with Crippen molar-refractivity contribution in [3.8, 4) is 0 Å². The van der Waals surface area contributed by atoms with Crippen LogP contribution in [0.5, 0.6) is 0 Å². The maximum atomic E-state index is 12.5. The number of carboxylic acid groups (broad SMARTS) is 1. The van der Waals surface area contributed by atoms with E-state index in [1.54, 1.807) is 6.92 Å². The van der Waals surface area contributed by atoms with Crippen LogP contribution < -0.4 is 16.4 Å². The first-order valence-corrected chi connectivity index (χ1v) is 12.0. The fourth-order valence-corrected chi connectivity index (χ4v) is 6.52. The highest BCUT2D eigenvalue weighted by Gasteiger charge is 2.60. The summed E-state index contributed by atoms with van der Waals surface area (Å²) in [7, 11) is 0. The van der Waals surface area contributed by atoms with Gasteiger partial charge in [0.05, 0.1) is 24.6 Å². The fraction of sp³-hybridized carbons (Fsp3) is 0.522. The third-order valence-electron chi connectivity index (χ3n) is 6.75. The highest BCUT2D eigenvalue weighted by atomic mass is 32.2. The van der Waals surface area contributed by atoms with Gasteiger partial charge in [0.25, 0.3) is 0 Å². The van der Waals surface area contributed by atoms with Crippen LogP contribution in [0.3, 0.4) is 0 Å². The molecular formula is C23H30N4O5S. The standard InChI is InChI=1S/C23H30N4O5S/c1-11-19-18(12(2)28)22(30)27(19)20(23(31)32)21(11)33-15-7-16(25-10-15)14-5-3-13(4-6-14)9-26-17(29)8-24/h3-6,11-12,15-16,18-19,25,28H,7-10,24H2,1-2H3,(H,26,29)(H,31,32)/t11-,12-,15+,16-,18-,19-/m1/s1. The number of thioether (sulfide) groups is 1. The number of β-lactam (4-membered cyclic amide) rings is 1. The number of hydrogen-bond donors (Lipinski definition) is 5. The van der Waals surface area contributed by atoms with E-state index in [1.807, 2.05) is 31.2 Å². The normalized spacial score (nSPS) is 29.6. The lowest BCUT2D eigenvalue weighted by Gasteiger charge is -2.46. The number of carbonyl (C=O) groups excluding carboxylic acids is 2. The highest BCUT2D eigenvalue weighted by molar-refractivity contribution is 8.03. The highest BCUT2D eigenvalue weighted by Crippen LogP contribution is 2.52. The molecule has 1 aromatic rings. The molecule has 33 heavy (non-hydrogen) atoms. The third kappa shape index (κ3) is 4.40. The Bertz CT molecular complexity index is 980. The van der Waals surface area contributed by atoms with E-state index in [-0.39, 0.29) is 47.3 Å². The Hall–Kier alpha value is -2.40. The van der Waals surface area contributed by atoms with Crippen LogP contribution in [0, 0.1) is 11.8 Å². The fourth-order valence-electron chi connectivity index (χ4n) is 5.05. The molecule has 2 fully saturated rings. The van der Waals surface area contributed by atoms with Crippen LogP contribution in [0.2, 0.25) is 0 Å². The van der Waals surface area contributed by atoms with Crippen molar-refractivity contribution in [3.63, 3.8) is 0 Å². The zero-order valence-corrected chi connectivity index (χ0v) is 19.5. The largest absolute Gasteiger partial charge is 0.477 e. The Labute approximate surface area is 196 Å². The van der Waals surface area contributed by atoms with Crippen molar-refractivity contribution in [1.82, 2.24) is 15.5 Å². The van der Waals surface area contributed by atoms with Crippen LogP contribution in [-0.4, -0.2) is 63.4 Å². The van der Waals surface area contributed by atoms with Gasteiger partial charge in [-0.25, -0.2) is 4.79 Å². The number of nitrogens with one attached hydrogen (secondary N) is 2. The van der Waals surface area contributed by atoms with Crippen molar-refractivity contribution in [3.05, 3.63) is 46.0 Å². The Morgan fingerprint density at radius 2 is 2.03 bits per heavy atom. The van der Waals surface area contributed by atoms with E-state index >= 15 is 0 Å². The Morgan fingerprint density at radius 3 is 2.64 bits per heavy atom. The van der Waals surface area contributed by atoms with Gasteiger partial charge in [0.15, 0.2) is 0 Å². The molecule has 0 aromatic heterocycles. The number of aliphatic hydroxyl groups is 1. The monoisotopic (exact) mass is 474 g/mol.